The number of aromatic nitrogens is 2. The van der Waals surface area contributed by atoms with E-state index >= 15 is 0 Å². The monoisotopic (exact) mass is 1280 g/mol. The van der Waals surface area contributed by atoms with Crippen LogP contribution in [-0.2, 0) is 50.2 Å². The molecule has 426 valence electrons. The molecule has 0 spiro atoms. The average molecular weight is 1280 g/mol. The molecule has 6 heteroatoms. The molecule has 0 amide bonds. The molecule has 0 N–H and O–H groups in total. The number of ether oxygens (including phenoxy) is 1. The fourth-order valence-corrected chi connectivity index (χ4v) is 11.5. The second kappa shape index (κ2) is 23.2. The SMILES string of the molecule is [2H]c1c([2H])c([2H])c(-c2cc(-c3cc(C(C)(C)C)cc(-c4cccc(-c5ccccc5)c4)c3N3[CH-]N(c4[c-]c(Oc5[c-]c6c(cc5CCC)c5cc(CCC)ccc5n6-c5cc(C(C)(C)C)ccn5)ccc4)c4ccccc43)cc(C(C)(C)C)c2)c([2H])c1[2H].[Pt]. The van der Waals surface area contributed by atoms with Gasteiger partial charge in [0.2, 0.25) is 0 Å². The van der Waals surface area contributed by atoms with Gasteiger partial charge < -0.3 is 19.1 Å². The first-order valence-corrected chi connectivity index (χ1v) is 29.3. The molecule has 1 aliphatic rings. The molecule has 0 radical (unpaired) electrons. The Morgan fingerprint density at radius 2 is 1.15 bits per heavy atom. The van der Waals surface area contributed by atoms with E-state index in [2.05, 4.69) is 243 Å². The van der Waals surface area contributed by atoms with Gasteiger partial charge >= 0.3 is 0 Å². The predicted octanol–water partition coefficient (Wildman–Crippen LogP) is 21.4. The minimum atomic E-state index is -0.423. The van der Waals surface area contributed by atoms with Gasteiger partial charge in [-0.3, -0.25) is 0 Å². The van der Waals surface area contributed by atoms with Crippen molar-refractivity contribution in [1.29, 1.82) is 0 Å². The van der Waals surface area contributed by atoms with E-state index in [0.717, 1.165) is 121 Å². The Balaban J connectivity index is 0.00000817. The smallest absolute Gasteiger partial charge is 0.135 e. The van der Waals surface area contributed by atoms with Crippen LogP contribution in [-0.4, -0.2) is 9.55 Å². The van der Waals surface area contributed by atoms with Gasteiger partial charge in [-0.2, -0.15) is 12.1 Å². The Hall–Kier alpha value is -7.98. The molecule has 0 fully saturated rings. The van der Waals surface area contributed by atoms with Crippen LogP contribution in [0.3, 0.4) is 0 Å². The maximum absolute atomic E-state index is 9.23. The molecule has 2 aromatic heterocycles. The van der Waals surface area contributed by atoms with Crippen LogP contribution >= 0.6 is 0 Å². The molecule has 1 aliphatic heterocycles. The van der Waals surface area contributed by atoms with Gasteiger partial charge in [0.15, 0.2) is 0 Å². The van der Waals surface area contributed by atoms with Crippen molar-refractivity contribution in [2.45, 2.75) is 118 Å². The summed E-state index contributed by atoms with van der Waals surface area (Å²) in [6, 6.07) is 63.9. The van der Waals surface area contributed by atoms with E-state index in [0.29, 0.717) is 17.1 Å². The molecular formula is C78H75N4OPt-3. The molecule has 0 unspecified atom stereocenters. The summed E-state index contributed by atoms with van der Waals surface area (Å²) in [6.45, 7) is 26.4. The fourth-order valence-electron chi connectivity index (χ4n) is 11.5. The summed E-state index contributed by atoms with van der Waals surface area (Å²) in [5.74, 6) is 2.02. The van der Waals surface area contributed by atoms with Crippen molar-refractivity contribution < 1.29 is 32.7 Å². The summed E-state index contributed by atoms with van der Waals surface area (Å²) in [7, 11) is 0. The van der Waals surface area contributed by atoms with E-state index < -0.39 is 11.5 Å². The van der Waals surface area contributed by atoms with Crippen LogP contribution in [0.4, 0.5) is 22.7 Å². The molecule has 0 aliphatic carbocycles. The molecule has 84 heavy (non-hydrogen) atoms. The zero-order valence-electron chi connectivity index (χ0n) is 55.1. The van der Waals surface area contributed by atoms with E-state index in [1.165, 1.54) is 16.5 Å². The first-order chi connectivity index (χ1) is 42.0. The molecule has 0 saturated carbocycles. The molecule has 0 saturated heterocycles. The number of hydrogen-bond donors (Lipinski definition) is 0. The summed E-state index contributed by atoms with van der Waals surface area (Å²) in [5.41, 5.74) is 17.0. The van der Waals surface area contributed by atoms with Gasteiger partial charge in [-0.25, -0.2) is 4.98 Å². The topological polar surface area (TPSA) is 33.5 Å². The number of fused-ring (bicyclic) bond motifs is 4. The van der Waals surface area contributed by atoms with Crippen LogP contribution in [0.15, 0.2) is 200 Å². The maximum Gasteiger partial charge on any atom is 0.135 e. The number of pyridine rings is 1. The standard InChI is InChI=1S/C78H75N4O.Pt/c1-12-24-52-36-37-69-67(40-52)68-45-57(25-13-2)73(50-72(68)82(69)74-48-60(38-39-79-74)76(3,4)5)83-64-33-23-32-63(49-64)80-51-81(71-35-21-20-34-70(71)80)75-65(56-31-22-30-55(41-56)53-26-16-14-17-27-53)46-62(78(9,10)11)47-66(75)59-42-58(54-28-18-15-19-29-54)43-61(44-59)77(6,7)8;/h14-23,26-48,51H,12-13,24-25H2,1-11H3;/q-3;/i15D,18D,19D,28D,29D;. The number of rotatable bonds is 13. The Bertz CT molecular complexity index is 4480. The Labute approximate surface area is 520 Å². The molecule has 3 heterocycles. The van der Waals surface area contributed by atoms with Gasteiger partial charge in [0.25, 0.3) is 0 Å². The Morgan fingerprint density at radius 1 is 0.524 bits per heavy atom. The minimum absolute atomic E-state index is 0. The Kier molecular flexibility index (Phi) is 14.3. The number of aryl methyl sites for hydroxylation is 2. The molecule has 11 aromatic rings. The minimum Gasteiger partial charge on any atom is -0.509 e. The number of anilines is 4. The van der Waals surface area contributed by atoms with Gasteiger partial charge in [-0.1, -0.05) is 216 Å². The van der Waals surface area contributed by atoms with Crippen molar-refractivity contribution in [3.05, 3.63) is 247 Å². The quantitative estimate of drug-likeness (QED) is 0.108. The normalized spacial score (nSPS) is 13.5. The summed E-state index contributed by atoms with van der Waals surface area (Å²) in [4.78, 5) is 9.46. The largest absolute Gasteiger partial charge is 0.509 e. The van der Waals surface area contributed by atoms with Crippen molar-refractivity contribution in [2.24, 2.45) is 0 Å². The molecule has 0 atom stereocenters. The van der Waals surface area contributed by atoms with Crippen molar-refractivity contribution in [3.8, 4) is 61.8 Å². The van der Waals surface area contributed by atoms with Crippen LogP contribution in [0.25, 0.3) is 72.1 Å². The first-order valence-electron chi connectivity index (χ1n) is 31.8. The summed E-state index contributed by atoms with van der Waals surface area (Å²) < 4.78 is 53.8. The van der Waals surface area contributed by atoms with Crippen molar-refractivity contribution >= 4 is 44.6 Å². The summed E-state index contributed by atoms with van der Waals surface area (Å²) in [6.07, 6.45) is 5.66. The van der Waals surface area contributed by atoms with Crippen LogP contribution in [0, 0.1) is 18.8 Å². The zero-order chi connectivity index (χ0) is 62.1. The van der Waals surface area contributed by atoms with Crippen LogP contribution < -0.4 is 14.5 Å². The maximum atomic E-state index is 9.23. The molecule has 9 aromatic carbocycles. The molecule has 5 nitrogen and oxygen atoms in total. The van der Waals surface area contributed by atoms with Crippen molar-refractivity contribution in [1.82, 2.24) is 9.55 Å². The van der Waals surface area contributed by atoms with Crippen LogP contribution in [0.2, 0.25) is 0 Å². The zero-order valence-corrected chi connectivity index (χ0v) is 52.4. The van der Waals surface area contributed by atoms with Gasteiger partial charge in [-0.15, -0.1) is 47.6 Å². The molecule has 0 bridgehead atoms. The Morgan fingerprint density at radius 3 is 1.87 bits per heavy atom. The molecule has 12 rings (SSSR count). The van der Waals surface area contributed by atoms with Crippen molar-refractivity contribution in [2.75, 3.05) is 9.80 Å². The second-order valence-electron chi connectivity index (χ2n) is 25.2. The molecular weight excluding hydrogens is 1200 g/mol. The van der Waals surface area contributed by atoms with E-state index in [1.807, 2.05) is 36.5 Å². The fraction of sp³-hybridized carbons (Fsp3) is 0.231. The second-order valence-corrected chi connectivity index (χ2v) is 25.2. The van der Waals surface area contributed by atoms with Crippen molar-refractivity contribution in [3.63, 3.8) is 0 Å². The van der Waals surface area contributed by atoms with E-state index in [4.69, 9.17) is 13.8 Å². The van der Waals surface area contributed by atoms with E-state index in [9.17, 15) is 2.74 Å². The number of benzene rings is 9. The summed E-state index contributed by atoms with van der Waals surface area (Å²) in [5, 5.41) is 2.29. The number of para-hydroxylation sites is 2. The van der Waals surface area contributed by atoms with Crippen LogP contribution in [0.1, 0.15) is 124 Å². The first kappa shape index (κ1) is 51.6. The van der Waals surface area contributed by atoms with Gasteiger partial charge in [0, 0.05) is 72.5 Å². The summed E-state index contributed by atoms with van der Waals surface area (Å²) >= 11 is 0. The van der Waals surface area contributed by atoms with Gasteiger partial charge in [-0.05, 0) is 138 Å². The third kappa shape index (κ3) is 11.4. The van der Waals surface area contributed by atoms with Gasteiger partial charge in [0.1, 0.15) is 5.82 Å². The van der Waals surface area contributed by atoms with Crippen LogP contribution in [0.5, 0.6) is 11.5 Å². The van der Waals surface area contributed by atoms with E-state index in [1.54, 1.807) is 0 Å². The van der Waals surface area contributed by atoms with E-state index in [-0.39, 0.29) is 61.6 Å². The average Bonchev–Trinajstić information content (AvgIpc) is 1.38. The predicted molar refractivity (Wildman–Crippen MR) is 350 cm³/mol. The number of nitrogens with zero attached hydrogens (tertiary/aromatic N) is 4. The van der Waals surface area contributed by atoms with Gasteiger partial charge in [0.05, 0.1) is 6.85 Å². The third-order valence-electron chi connectivity index (χ3n) is 16.1. The number of hydrogen-bond acceptors (Lipinski definition) is 4. The third-order valence-corrected chi connectivity index (χ3v) is 16.1.